The molecule has 1 fully saturated rings. The molecule has 2 aromatic carbocycles. The van der Waals surface area contributed by atoms with E-state index in [9.17, 15) is 13.2 Å². The number of rotatable bonds is 8. The summed E-state index contributed by atoms with van der Waals surface area (Å²) in [5, 5.41) is 5.52. The second-order valence-corrected chi connectivity index (χ2v) is 11.4. The Kier molecular flexibility index (Phi) is 7.55. The number of amides is 1. The molecule has 4 aromatic rings. The number of carbonyl (C=O) groups is 1. The summed E-state index contributed by atoms with van der Waals surface area (Å²) in [5.74, 6) is 0.485. The molecule has 0 spiro atoms. The molecule has 1 saturated heterocycles. The number of ether oxygens (including phenoxy) is 1. The van der Waals surface area contributed by atoms with Gasteiger partial charge in [0.15, 0.2) is 5.65 Å². The summed E-state index contributed by atoms with van der Waals surface area (Å²) in [6, 6.07) is 12.3. The highest BCUT2D eigenvalue weighted by molar-refractivity contribution is 7.89. The van der Waals surface area contributed by atoms with Crippen molar-refractivity contribution in [2.75, 3.05) is 25.9 Å². The molecule has 1 amide bonds. The Morgan fingerprint density at radius 1 is 1.23 bits per heavy atom. The van der Waals surface area contributed by atoms with Gasteiger partial charge < -0.3 is 15.4 Å². The molecular formula is C28H31N7O4S. The number of sulfonamides is 1. The average molecular weight is 562 g/mol. The van der Waals surface area contributed by atoms with Crippen molar-refractivity contribution in [2.24, 2.45) is 0 Å². The molecule has 3 heterocycles. The number of hydrogen-bond donors (Lipinski definition) is 2. The Balaban J connectivity index is 1.41. The monoisotopic (exact) mass is 561 g/mol. The van der Waals surface area contributed by atoms with Gasteiger partial charge in [-0.3, -0.25) is 4.79 Å². The van der Waals surface area contributed by atoms with Crippen molar-refractivity contribution in [3.05, 3.63) is 72.6 Å². The standard InChI is InChI=1S/C28H31N7O4S/c1-4-24(36)34-13-5-6-21(16-34)35-28-25(27(29)30-17-31-28)26(33-35)20-10-8-19(9-11-20)15-32-40(37,38)23-14-18(2)7-12-22(23)39-3/h4,7-12,14,17,21,32H,1,5-6,13,15-16H2,2-3H3,(H2,29,30,31)/t21-/m1/s1. The van der Waals surface area contributed by atoms with Crippen molar-refractivity contribution in [1.29, 1.82) is 0 Å². The molecule has 208 valence electrons. The predicted molar refractivity (Wildman–Crippen MR) is 152 cm³/mol. The quantitative estimate of drug-likeness (QED) is 0.312. The van der Waals surface area contributed by atoms with E-state index in [4.69, 9.17) is 15.6 Å². The molecule has 2 aromatic heterocycles. The number of hydrogen-bond acceptors (Lipinski definition) is 8. The summed E-state index contributed by atoms with van der Waals surface area (Å²) in [7, 11) is -2.36. The number of piperidine rings is 1. The van der Waals surface area contributed by atoms with Crippen LogP contribution in [-0.2, 0) is 21.4 Å². The van der Waals surface area contributed by atoms with Gasteiger partial charge in [-0.1, -0.05) is 36.9 Å². The lowest BCUT2D eigenvalue weighted by molar-refractivity contribution is -0.127. The molecule has 12 heteroatoms. The lowest BCUT2D eigenvalue weighted by atomic mass is 10.1. The smallest absolute Gasteiger partial charge is 0.246 e. The van der Waals surface area contributed by atoms with Crippen molar-refractivity contribution >= 4 is 32.8 Å². The van der Waals surface area contributed by atoms with Crippen molar-refractivity contribution in [2.45, 2.75) is 37.2 Å². The Morgan fingerprint density at radius 2 is 2.00 bits per heavy atom. The number of nitrogens with two attached hydrogens (primary N) is 1. The number of nitrogen functional groups attached to an aromatic ring is 1. The maximum absolute atomic E-state index is 13.0. The SMILES string of the molecule is C=CC(=O)N1CCC[C@@H](n2nc(-c3ccc(CNS(=O)(=O)c4cc(C)ccc4OC)cc3)c3c(N)ncnc32)C1. The number of carbonyl (C=O) groups excluding carboxylic acids is 1. The number of benzene rings is 2. The molecule has 0 bridgehead atoms. The van der Waals surface area contributed by atoms with Crippen LogP contribution in [-0.4, -0.2) is 59.2 Å². The van der Waals surface area contributed by atoms with Gasteiger partial charge >= 0.3 is 0 Å². The molecule has 5 rings (SSSR count). The molecule has 1 aliphatic rings. The van der Waals surface area contributed by atoms with Crippen LogP contribution in [0.15, 0.2) is 66.3 Å². The van der Waals surface area contributed by atoms with Gasteiger partial charge in [0.1, 0.15) is 28.5 Å². The van der Waals surface area contributed by atoms with Crippen LogP contribution >= 0.6 is 0 Å². The number of likely N-dealkylation sites (tertiary alicyclic amines) is 1. The van der Waals surface area contributed by atoms with E-state index >= 15 is 0 Å². The summed E-state index contributed by atoms with van der Waals surface area (Å²) in [5.41, 5.74) is 9.86. The van der Waals surface area contributed by atoms with Crippen molar-refractivity contribution < 1.29 is 17.9 Å². The third-order valence-electron chi connectivity index (χ3n) is 7.05. The van der Waals surface area contributed by atoms with Gasteiger partial charge in [0.25, 0.3) is 0 Å². The van der Waals surface area contributed by atoms with Crippen LogP contribution in [0, 0.1) is 6.92 Å². The van der Waals surface area contributed by atoms with E-state index in [2.05, 4.69) is 21.3 Å². The second kappa shape index (κ2) is 11.1. The normalized spacial score (nSPS) is 15.8. The van der Waals surface area contributed by atoms with E-state index in [1.165, 1.54) is 19.5 Å². The van der Waals surface area contributed by atoms with Gasteiger partial charge in [-0.15, -0.1) is 0 Å². The van der Waals surface area contributed by atoms with E-state index in [1.54, 1.807) is 23.1 Å². The minimum Gasteiger partial charge on any atom is -0.495 e. The van der Waals surface area contributed by atoms with Crippen LogP contribution in [0.3, 0.4) is 0 Å². The first-order valence-electron chi connectivity index (χ1n) is 12.9. The van der Waals surface area contributed by atoms with Crippen LogP contribution in [0.5, 0.6) is 5.75 Å². The average Bonchev–Trinajstić information content (AvgIpc) is 3.37. The summed E-state index contributed by atoms with van der Waals surface area (Å²) in [6.45, 7) is 6.69. The number of anilines is 1. The van der Waals surface area contributed by atoms with Crippen molar-refractivity contribution in [3.63, 3.8) is 0 Å². The van der Waals surface area contributed by atoms with Crippen molar-refractivity contribution in [1.82, 2.24) is 29.4 Å². The first-order valence-corrected chi connectivity index (χ1v) is 14.3. The van der Waals surface area contributed by atoms with Gasteiger partial charge in [0, 0.05) is 25.2 Å². The van der Waals surface area contributed by atoms with Crippen LogP contribution in [0.4, 0.5) is 5.82 Å². The van der Waals surface area contributed by atoms with E-state index in [-0.39, 0.29) is 29.1 Å². The maximum atomic E-state index is 13.0. The maximum Gasteiger partial charge on any atom is 0.246 e. The lowest BCUT2D eigenvalue weighted by Crippen LogP contribution is -2.40. The number of aryl methyl sites for hydroxylation is 1. The highest BCUT2D eigenvalue weighted by atomic mass is 32.2. The van der Waals surface area contributed by atoms with E-state index < -0.39 is 10.0 Å². The van der Waals surface area contributed by atoms with Gasteiger partial charge in [0.2, 0.25) is 15.9 Å². The number of nitrogens with zero attached hydrogens (tertiary/aromatic N) is 5. The second-order valence-electron chi connectivity index (χ2n) is 9.71. The third kappa shape index (κ3) is 5.27. The Bertz CT molecular complexity index is 1680. The van der Waals surface area contributed by atoms with Crippen LogP contribution in [0.25, 0.3) is 22.3 Å². The fourth-order valence-corrected chi connectivity index (χ4v) is 6.24. The van der Waals surface area contributed by atoms with Gasteiger partial charge in [-0.05, 0) is 49.1 Å². The van der Waals surface area contributed by atoms with Gasteiger partial charge in [0.05, 0.1) is 18.5 Å². The Labute approximate surface area is 232 Å². The van der Waals surface area contributed by atoms with Gasteiger partial charge in [-0.2, -0.15) is 5.10 Å². The first-order chi connectivity index (χ1) is 19.2. The summed E-state index contributed by atoms with van der Waals surface area (Å²) in [6.07, 6.45) is 4.41. The van der Waals surface area contributed by atoms with E-state index in [1.807, 2.05) is 35.9 Å². The molecule has 0 aliphatic carbocycles. The molecule has 1 aliphatic heterocycles. The zero-order chi connectivity index (χ0) is 28.4. The Hall–Kier alpha value is -4.29. The molecule has 0 radical (unpaired) electrons. The Morgan fingerprint density at radius 3 is 2.73 bits per heavy atom. The van der Waals surface area contributed by atoms with Crippen LogP contribution in [0.1, 0.15) is 30.0 Å². The largest absolute Gasteiger partial charge is 0.495 e. The number of methoxy groups -OCH3 is 1. The molecule has 1 atom stereocenters. The fraction of sp³-hybridized carbons (Fsp3) is 0.286. The zero-order valence-electron chi connectivity index (χ0n) is 22.4. The number of fused-ring (bicyclic) bond motifs is 1. The molecular weight excluding hydrogens is 530 g/mol. The summed E-state index contributed by atoms with van der Waals surface area (Å²) in [4.78, 5) is 22.8. The lowest BCUT2D eigenvalue weighted by Gasteiger charge is -2.32. The number of aromatic nitrogens is 4. The molecule has 11 nitrogen and oxygen atoms in total. The van der Waals surface area contributed by atoms with Crippen molar-refractivity contribution in [3.8, 4) is 17.0 Å². The minimum absolute atomic E-state index is 0.0736. The van der Waals surface area contributed by atoms with Gasteiger partial charge in [-0.25, -0.2) is 27.8 Å². The highest BCUT2D eigenvalue weighted by Gasteiger charge is 2.28. The molecule has 3 N–H and O–H groups in total. The topological polar surface area (TPSA) is 145 Å². The van der Waals surface area contributed by atoms with Crippen LogP contribution < -0.4 is 15.2 Å². The predicted octanol–water partition coefficient (Wildman–Crippen LogP) is 3.22. The summed E-state index contributed by atoms with van der Waals surface area (Å²) < 4.78 is 35.7. The number of nitrogens with one attached hydrogen (secondary N) is 1. The zero-order valence-corrected chi connectivity index (χ0v) is 23.2. The third-order valence-corrected chi connectivity index (χ3v) is 8.47. The van der Waals surface area contributed by atoms with E-state index in [0.29, 0.717) is 35.6 Å². The van der Waals surface area contributed by atoms with Crippen LogP contribution in [0.2, 0.25) is 0 Å². The molecule has 0 saturated carbocycles. The fourth-order valence-electron chi connectivity index (χ4n) is 4.97. The summed E-state index contributed by atoms with van der Waals surface area (Å²) >= 11 is 0. The minimum atomic E-state index is -3.80. The molecule has 40 heavy (non-hydrogen) atoms. The highest BCUT2D eigenvalue weighted by Crippen LogP contribution is 2.34. The molecule has 0 unspecified atom stereocenters. The van der Waals surface area contributed by atoms with E-state index in [0.717, 1.165) is 29.5 Å². The first kappa shape index (κ1) is 27.3.